The lowest BCUT2D eigenvalue weighted by Crippen LogP contribution is -2.54. The predicted molar refractivity (Wildman–Crippen MR) is 167 cm³/mol. The molecule has 0 aliphatic rings. The molecule has 240 valence electrons. The number of hydrogen-bond acceptors (Lipinski definition) is 7. The molecule has 0 heterocycles. The van der Waals surface area contributed by atoms with Crippen molar-refractivity contribution in [1.29, 1.82) is 0 Å². The lowest BCUT2D eigenvalue weighted by atomic mass is 10.0. The highest BCUT2D eigenvalue weighted by Crippen LogP contribution is 2.14. The summed E-state index contributed by atoms with van der Waals surface area (Å²) in [4.78, 5) is 50.1. The highest BCUT2D eigenvalue weighted by Gasteiger charge is 2.28. The van der Waals surface area contributed by atoms with Crippen LogP contribution in [0.25, 0.3) is 0 Å². The average Bonchev–Trinajstić information content (AvgIpc) is 2.96. The van der Waals surface area contributed by atoms with E-state index in [0.29, 0.717) is 50.2 Å². The summed E-state index contributed by atoms with van der Waals surface area (Å²) < 4.78 is 28.6. The van der Waals surface area contributed by atoms with Crippen molar-refractivity contribution in [2.24, 2.45) is 11.7 Å². The number of ether oxygens (including phenoxy) is 1. The van der Waals surface area contributed by atoms with Crippen LogP contribution in [0.15, 0.2) is 48.6 Å². The van der Waals surface area contributed by atoms with Gasteiger partial charge in [-0.15, -0.1) is 0 Å². The van der Waals surface area contributed by atoms with E-state index < -0.39 is 39.8 Å². The normalized spacial score (nSPS) is 12.5. The number of rotatable bonds is 21. The Balaban J connectivity index is 2.82. The molecule has 0 spiro atoms. The molecule has 43 heavy (non-hydrogen) atoms. The fourth-order valence-corrected chi connectivity index (χ4v) is 4.65. The van der Waals surface area contributed by atoms with Gasteiger partial charge >= 0.3 is 6.03 Å². The van der Waals surface area contributed by atoms with Crippen LogP contribution in [0.1, 0.15) is 71.3 Å². The first-order valence-electron chi connectivity index (χ1n) is 14.5. The molecule has 1 rings (SSSR count). The average molecular weight is 622 g/mol. The van der Waals surface area contributed by atoms with E-state index in [-0.39, 0.29) is 37.0 Å². The van der Waals surface area contributed by atoms with Crippen LogP contribution < -0.4 is 27.0 Å². The van der Waals surface area contributed by atoms with E-state index >= 15 is 0 Å². The standard InChI is InChI=1S/C30H47N5O7S/c1-6-22(5)42-20-23-14-16-24(17-15-23)33-28(37)25(12-11-18-32-30(31)39)34-29(38)27(21(3)4)35-26(36)13-9-8-10-19-43(40,41)7-2/h7,14-17,21,25,27H,2,5-6,8-13,18-20H2,1,3-4H3,(H,33,37)(H,34,38)(H,35,36)(H3,31,32,39). The van der Waals surface area contributed by atoms with E-state index in [0.717, 1.165) is 11.0 Å². The molecular weight excluding hydrogens is 574 g/mol. The van der Waals surface area contributed by atoms with Crippen molar-refractivity contribution < 1.29 is 32.3 Å². The molecule has 0 fully saturated rings. The molecule has 6 N–H and O–H groups in total. The molecule has 5 amide bonds. The molecule has 0 aliphatic carbocycles. The molecule has 12 nitrogen and oxygen atoms in total. The number of nitrogens with one attached hydrogen (secondary N) is 4. The molecular formula is C30H47N5O7S. The zero-order chi connectivity index (χ0) is 32.4. The van der Waals surface area contributed by atoms with Crippen molar-refractivity contribution in [3.05, 3.63) is 54.2 Å². The first kappa shape index (κ1) is 37.2. The number of allylic oxidation sites excluding steroid dienone is 1. The molecule has 0 aromatic heterocycles. The van der Waals surface area contributed by atoms with Crippen molar-refractivity contribution in [3.8, 4) is 0 Å². The minimum Gasteiger partial charge on any atom is -0.494 e. The van der Waals surface area contributed by atoms with Gasteiger partial charge in [0.15, 0.2) is 9.84 Å². The molecule has 0 saturated carbocycles. The molecule has 0 radical (unpaired) electrons. The smallest absolute Gasteiger partial charge is 0.312 e. The third-order valence-corrected chi connectivity index (χ3v) is 7.88. The van der Waals surface area contributed by atoms with Crippen molar-refractivity contribution in [2.75, 3.05) is 17.6 Å². The van der Waals surface area contributed by atoms with E-state index in [4.69, 9.17) is 10.5 Å². The maximum absolute atomic E-state index is 13.3. The SMILES string of the molecule is C=CS(=O)(=O)CCCCCC(=O)NC(C(=O)NC(CCCNC(N)=O)C(=O)Nc1ccc(COC(=C)CC)cc1)C(C)C. The van der Waals surface area contributed by atoms with Gasteiger partial charge < -0.3 is 31.7 Å². The fourth-order valence-electron chi connectivity index (χ4n) is 3.88. The summed E-state index contributed by atoms with van der Waals surface area (Å²) in [5.74, 6) is -0.957. The first-order chi connectivity index (χ1) is 20.3. The monoisotopic (exact) mass is 621 g/mol. The van der Waals surface area contributed by atoms with Crippen LogP contribution >= 0.6 is 0 Å². The van der Waals surface area contributed by atoms with Crippen LogP contribution in [-0.4, -0.2) is 56.6 Å². The summed E-state index contributed by atoms with van der Waals surface area (Å²) in [6, 6.07) is 4.53. The van der Waals surface area contributed by atoms with Crippen molar-refractivity contribution in [1.82, 2.24) is 16.0 Å². The van der Waals surface area contributed by atoms with Gasteiger partial charge in [-0.1, -0.05) is 52.5 Å². The molecule has 0 bridgehead atoms. The largest absolute Gasteiger partial charge is 0.494 e. The Labute approximate surface area is 255 Å². The number of benzene rings is 1. The highest BCUT2D eigenvalue weighted by molar-refractivity contribution is 7.94. The Kier molecular flexibility index (Phi) is 16.7. The lowest BCUT2D eigenvalue weighted by molar-refractivity contribution is -0.132. The molecule has 1 aromatic rings. The van der Waals surface area contributed by atoms with Crippen LogP contribution in [0.3, 0.4) is 0 Å². The van der Waals surface area contributed by atoms with E-state index in [1.807, 2.05) is 19.1 Å². The number of sulfone groups is 1. The first-order valence-corrected chi connectivity index (χ1v) is 16.2. The Morgan fingerprint density at radius 1 is 1.00 bits per heavy atom. The number of anilines is 1. The van der Waals surface area contributed by atoms with E-state index in [1.54, 1.807) is 26.0 Å². The molecule has 0 saturated heterocycles. The fraction of sp³-hybridized carbons (Fsp3) is 0.533. The predicted octanol–water partition coefficient (Wildman–Crippen LogP) is 3.26. The number of urea groups is 1. The van der Waals surface area contributed by atoms with Crippen LogP contribution in [0, 0.1) is 5.92 Å². The van der Waals surface area contributed by atoms with Gasteiger partial charge in [0.25, 0.3) is 0 Å². The topological polar surface area (TPSA) is 186 Å². The third kappa shape index (κ3) is 15.8. The molecule has 13 heteroatoms. The molecule has 2 unspecified atom stereocenters. The maximum Gasteiger partial charge on any atom is 0.312 e. The van der Waals surface area contributed by atoms with E-state index in [2.05, 4.69) is 34.4 Å². The van der Waals surface area contributed by atoms with Crippen molar-refractivity contribution >= 4 is 39.3 Å². The Morgan fingerprint density at radius 2 is 1.67 bits per heavy atom. The van der Waals surface area contributed by atoms with Crippen LogP contribution in [0.2, 0.25) is 0 Å². The zero-order valence-corrected chi connectivity index (χ0v) is 26.3. The maximum atomic E-state index is 13.3. The zero-order valence-electron chi connectivity index (χ0n) is 25.4. The number of carbonyl (C=O) groups is 4. The number of hydrogen-bond donors (Lipinski definition) is 5. The Bertz CT molecular complexity index is 1200. The lowest BCUT2D eigenvalue weighted by Gasteiger charge is -2.25. The van der Waals surface area contributed by atoms with Gasteiger partial charge in [-0.2, -0.15) is 0 Å². The van der Waals surface area contributed by atoms with Gasteiger partial charge in [-0.05, 0) is 49.3 Å². The molecule has 0 aliphatic heterocycles. The number of carbonyl (C=O) groups excluding carboxylic acids is 4. The minimum atomic E-state index is -3.28. The summed E-state index contributed by atoms with van der Waals surface area (Å²) in [5.41, 5.74) is 6.54. The van der Waals surface area contributed by atoms with Crippen molar-refractivity contribution in [3.63, 3.8) is 0 Å². The molecule has 1 aromatic carbocycles. The number of amides is 5. The second-order valence-electron chi connectivity index (χ2n) is 10.5. The number of primary amides is 1. The number of nitrogens with two attached hydrogens (primary N) is 1. The van der Waals surface area contributed by atoms with E-state index in [9.17, 15) is 27.6 Å². The third-order valence-electron chi connectivity index (χ3n) is 6.51. The van der Waals surface area contributed by atoms with Gasteiger partial charge in [0.05, 0.1) is 11.5 Å². The summed E-state index contributed by atoms with van der Waals surface area (Å²) in [5, 5.41) is 11.7. The Hall–Kier alpha value is -3.87. The van der Waals surface area contributed by atoms with Gasteiger partial charge in [0, 0.05) is 30.5 Å². The van der Waals surface area contributed by atoms with E-state index in [1.165, 1.54) is 0 Å². The summed E-state index contributed by atoms with van der Waals surface area (Å²) >= 11 is 0. The molecule has 2 atom stereocenters. The summed E-state index contributed by atoms with van der Waals surface area (Å²) in [6.45, 7) is 13.2. The van der Waals surface area contributed by atoms with Gasteiger partial charge in [0.2, 0.25) is 17.7 Å². The second kappa shape index (κ2) is 19.3. The summed E-state index contributed by atoms with van der Waals surface area (Å²) in [7, 11) is -3.28. The second-order valence-corrected chi connectivity index (χ2v) is 12.6. The van der Waals surface area contributed by atoms with Gasteiger partial charge in [0.1, 0.15) is 18.7 Å². The quantitative estimate of drug-likeness (QED) is 0.103. The Morgan fingerprint density at radius 3 is 2.26 bits per heavy atom. The van der Waals surface area contributed by atoms with Gasteiger partial charge in [-0.3, -0.25) is 14.4 Å². The van der Waals surface area contributed by atoms with Crippen LogP contribution in [0.5, 0.6) is 0 Å². The van der Waals surface area contributed by atoms with Crippen molar-refractivity contribution in [2.45, 2.75) is 84.4 Å². The minimum absolute atomic E-state index is 0.0266. The highest BCUT2D eigenvalue weighted by atomic mass is 32.2. The van der Waals surface area contributed by atoms with Crippen LogP contribution in [0.4, 0.5) is 10.5 Å². The summed E-state index contributed by atoms with van der Waals surface area (Å²) in [6.07, 6.45) is 2.80. The van der Waals surface area contributed by atoms with Crippen LogP contribution in [-0.2, 0) is 35.6 Å². The van der Waals surface area contributed by atoms with Gasteiger partial charge in [-0.25, -0.2) is 13.2 Å². The number of unbranched alkanes of at least 4 members (excludes halogenated alkanes) is 2.